The Morgan fingerprint density at radius 1 is 1.23 bits per heavy atom. The molecule has 0 saturated carbocycles. The molecule has 2 N–H and O–H groups in total. The zero-order valence-corrected chi connectivity index (χ0v) is 15.9. The lowest BCUT2D eigenvalue weighted by Crippen LogP contribution is -2.41. The molecule has 1 amide bonds. The van der Waals surface area contributed by atoms with Crippen molar-refractivity contribution in [2.24, 2.45) is 0 Å². The topological polar surface area (TPSA) is 84.5 Å². The van der Waals surface area contributed by atoms with Crippen LogP contribution in [0.2, 0.25) is 5.02 Å². The molecule has 140 valence electrons. The van der Waals surface area contributed by atoms with Gasteiger partial charge in [-0.05, 0) is 49.7 Å². The number of nitrogens with one attached hydrogen (secondary N) is 2. The average molecular weight is 401 g/mol. The molecule has 0 aromatic heterocycles. The molecule has 0 aliphatic rings. The Hall–Kier alpha value is -2.16. The molecule has 0 fully saturated rings. The second-order valence-corrected chi connectivity index (χ2v) is 7.71. The predicted molar refractivity (Wildman–Crippen MR) is 97.6 cm³/mol. The minimum atomic E-state index is -4.00. The third-order valence-corrected chi connectivity index (χ3v) is 5.37. The highest BCUT2D eigenvalue weighted by Crippen LogP contribution is 2.25. The predicted octanol–water partition coefficient (Wildman–Crippen LogP) is 3.10. The molecule has 0 saturated heterocycles. The minimum absolute atomic E-state index is 0.0653. The molecule has 1 atom stereocenters. The third-order valence-electron chi connectivity index (χ3n) is 3.52. The second kappa shape index (κ2) is 8.03. The maximum atomic E-state index is 13.2. The molecule has 2 rings (SSSR count). The maximum Gasteiger partial charge on any atom is 0.244 e. The van der Waals surface area contributed by atoms with E-state index in [1.54, 1.807) is 13.0 Å². The van der Waals surface area contributed by atoms with Gasteiger partial charge in [-0.25, -0.2) is 12.8 Å². The fourth-order valence-electron chi connectivity index (χ4n) is 2.17. The summed E-state index contributed by atoms with van der Waals surface area (Å²) < 4.78 is 45.7. The molecular weight excluding hydrogens is 383 g/mol. The highest BCUT2D eigenvalue weighted by atomic mass is 35.5. The highest BCUT2D eigenvalue weighted by Gasteiger charge is 2.25. The smallest absolute Gasteiger partial charge is 0.244 e. The van der Waals surface area contributed by atoms with Crippen LogP contribution >= 0.6 is 11.6 Å². The van der Waals surface area contributed by atoms with Gasteiger partial charge in [-0.2, -0.15) is 4.72 Å². The van der Waals surface area contributed by atoms with Crippen LogP contribution in [-0.2, 0) is 14.8 Å². The number of hydrogen-bond acceptors (Lipinski definition) is 4. The molecule has 0 spiro atoms. The number of ether oxygens (including phenoxy) is 1. The van der Waals surface area contributed by atoms with E-state index >= 15 is 0 Å². The average Bonchev–Trinajstić information content (AvgIpc) is 2.57. The number of benzene rings is 2. The Morgan fingerprint density at radius 3 is 2.54 bits per heavy atom. The van der Waals surface area contributed by atoms with Gasteiger partial charge < -0.3 is 10.1 Å². The van der Waals surface area contributed by atoms with E-state index in [0.29, 0.717) is 0 Å². The first kappa shape index (κ1) is 20.2. The summed E-state index contributed by atoms with van der Waals surface area (Å²) in [5.41, 5.74) is 0.977. The van der Waals surface area contributed by atoms with Crippen molar-refractivity contribution in [1.82, 2.24) is 4.72 Å². The Kier molecular flexibility index (Phi) is 6.22. The second-order valence-electron chi connectivity index (χ2n) is 5.62. The van der Waals surface area contributed by atoms with Crippen LogP contribution in [0, 0.1) is 12.7 Å². The number of aryl methyl sites for hydroxylation is 1. The van der Waals surface area contributed by atoms with Gasteiger partial charge in [-0.3, -0.25) is 4.79 Å². The van der Waals surface area contributed by atoms with Crippen LogP contribution in [-0.4, -0.2) is 27.5 Å². The Bertz CT molecular complexity index is 934. The monoisotopic (exact) mass is 400 g/mol. The molecule has 0 radical (unpaired) electrons. The van der Waals surface area contributed by atoms with Crippen molar-refractivity contribution in [2.45, 2.75) is 24.8 Å². The Balaban J connectivity index is 2.17. The van der Waals surface area contributed by atoms with Gasteiger partial charge in [0.2, 0.25) is 15.9 Å². The van der Waals surface area contributed by atoms with Crippen molar-refractivity contribution in [2.75, 3.05) is 12.4 Å². The van der Waals surface area contributed by atoms with Gasteiger partial charge in [0.25, 0.3) is 0 Å². The van der Waals surface area contributed by atoms with Crippen molar-refractivity contribution >= 4 is 33.2 Å². The van der Waals surface area contributed by atoms with E-state index in [9.17, 15) is 17.6 Å². The van der Waals surface area contributed by atoms with Crippen molar-refractivity contribution in [3.63, 3.8) is 0 Å². The van der Waals surface area contributed by atoms with Crippen LogP contribution < -0.4 is 14.8 Å². The lowest BCUT2D eigenvalue weighted by molar-refractivity contribution is -0.117. The van der Waals surface area contributed by atoms with Gasteiger partial charge in [-0.15, -0.1) is 0 Å². The molecule has 0 aliphatic carbocycles. The summed E-state index contributed by atoms with van der Waals surface area (Å²) in [6.07, 6.45) is 0. The molecule has 26 heavy (non-hydrogen) atoms. The molecule has 6 nitrogen and oxygen atoms in total. The van der Waals surface area contributed by atoms with Crippen molar-refractivity contribution in [3.8, 4) is 5.75 Å². The number of amides is 1. The van der Waals surface area contributed by atoms with Crippen molar-refractivity contribution in [3.05, 3.63) is 52.8 Å². The van der Waals surface area contributed by atoms with Crippen molar-refractivity contribution < 1.29 is 22.3 Å². The summed E-state index contributed by atoms with van der Waals surface area (Å²) in [6, 6.07) is 7.27. The molecule has 0 unspecified atom stereocenters. The highest BCUT2D eigenvalue weighted by molar-refractivity contribution is 7.89. The molecule has 2 aromatic rings. The number of methoxy groups -OCH3 is 1. The van der Waals surface area contributed by atoms with Crippen molar-refractivity contribution in [1.29, 1.82) is 0 Å². The summed E-state index contributed by atoms with van der Waals surface area (Å²) in [6.45, 7) is 3.13. The maximum absolute atomic E-state index is 13.2. The summed E-state index contributed by atoms with van der Waals surface area (Å²) in [5, 5.41) is 2.32. The lowest BCUT2D eigenvalue weighted by Gasteiger charge is -2.16. The first-order valence-corrected chi connectivity index (χ1v) is 9.43. The van der Waals surface area contributed by atoms with Gasteiger partial charge >= 0.3 is 0 Å². The number of halogens is 2. The minimum Gasteiger partial charge on any atom is -0.495 e. The summed E-state index contributed by atoms with van der Waals surface area (Å²) in [5.74, 6) is -1.08. The van der Waals surface area contributed by atoms with Crippen LogP contribution in [0.1, 0.15) is 12.5 Å². The standard InChI is InChI=1S/C17H18ClFN2O4S/c1-10-4-7-15(25-3)16(8-10)26(23,24)21-11(2)17(22)20-12-5-6-14(19)13(18)9-12/h4-9,11,21H,1-3H3,(H,20,22)/t11-/m0/s1. The van der Waals surface area contributed by atoms with Crippen LogP contribution in [0.25, 0.3) is 0 Å². The lowest BCUT2D eigenvalue weighted by atomic mass is 10.2. The summed E-state index contributed by atoms with van der Waals surface area (Å²) >= 11 is 5.66. The van der Waals surface area contributed by atoms with Crippen LogP contribution in [0.4, 0.5) is 10.1 Å². The fraction of sp³-hybridized carbons (Fsp3) is 0.235. The molecule has 0 bridgehead atoms. The van der Waals surface area contributed by atoms with E-state index in [2.05, 4.69) is 10.0 Å². The quantitative estimate of drug-likeness (QED) is 0.780. The third kappa shape index (κ3) is 4.72. The largest absolute Gasteiger partial charge is 0.495 e. The molecule has 0 aliphatic heterocycles. The summed E-state index contributed by atoms with van der Waals surface area (Å²) in [4.78, 5) is 12.2. The number of sulfonamides is 1. The summed E-state index contributed by atoms with van der Waals surface area (Å²) in [7, 11) is -2.64. The number of carbonyl (C=O) groups is 1. The van der Waals surface area contributed by atoms with E-state index in [0.717, 1.165) is 11.6 Å². The van der Waals surface area contributed by atoms with E-state index < -0.39 is 27.8 Å². The fourth-order valence-corrected chi connectivity index (χ4v) is 3.81. The molecule has 0 heterocycles. The zero-order chi connectivity index (χ0) is 19.5. The van der Waals surface area contributed by atoms with Crippen LogP contribution in [0.5, 0.6) is 5.75 Å². The molecule has 2 aromatic carbocycles. The van der Waals surface area contributed by atoms with Crippen LogP contribution in [0.15, 0.2) is 41.3 Å². The van der Waals surface area contributed by atoms with Gasteiger partial charge in [0.05, 0.1) is 18.2 Å². The SMILES string of the molecule is COc1ccc(C)cc1S(=O)(=O)N[C@@H](C)C(=O)Nc1ccc(F)c(Cl)c1. The van der Waals surface area contributed by atoms with Crippen LogP contribution in [0.3, 0.4) is 0 Å². The first-order valence-electron chi connectivity index (χ1n) is 7.57. The van der Waals surface area contributed by atoms with Gasteiger partial charge in [-0.1, -0.05) is 17.7 Å². The Labute approximate surface area is 156 Å². The number of rotatable bonds is 6. The first-order chi connectivity index (χ1) is 12.1. The zero-order valence-electron chi connectivity index (χ0n) is 14.3. The normalized spacial score (nSPS) is 12.5. The van der Waals surface area contributed by atoms with Gasteiger partial charge in [0.15, 0.2) is 0 Å². The van der Waals surface area contributed by atoms with E-state index in [1.165, 1.54) is 38.3 Å². The van der Waals surface area contributed by atoms with E-state index in [1.807, 2.05) is 0 Å². The van der Waals surface area contributed by atoms with Gasteiger partial charge in [0.1, 0.15) is 16.5 Å². The number of carbonyl (C=O) groups excluding carboxylic acids is 1. The number of hydrogen-bond donors (Lipinski definition) is 2. The number of anilines is 1. The van der Waals surface area contributed by atoms with Gasteiger partial charge in [0, 0.05) is 5.69 Å². The van der Waals surface area contributed by atoms with E-state index in [4.69, 9.17) is 16.3 Å². The van der Waals surface area contributed by atoms with E-state index in [-0.39, 0.29) is 21.4 Å². The molecule has 9 heteroatoms. The molecular formula is C17H18ClFN2O4S. The Morgan fingerprint density at radius 2 is 1.92 bits per heavy atom.